The average Bonchev–Trinajstić information content (AvgIpc) is 3.25. The molecule has 2 aliphatic rings. The van der Waals surface area contributed by atoms with Crippen LogP contribution in [0.3, 0.4) is 0 Å². The minimum Gasteiger partial charge on any atom is -0.376 e. The number of hydrogen-bond acceptors (Lipinski definition) is 6. The largest absolute Gasteiger partial charge is 0.376 e. The molecule has 0 unspecified atom stereocenters. The minimum atomic E-state index is -0.414. The van der Waals surface area contributed by atoms with E-state index in [0.29, 0.717) is 11.4 Å². The molecule has 0 aromatic carbocycles. The first kappa shape index (κ1) is 17.2. The molecule has 0 spiro atoms. The van der Waals surface area contributed by atoms with E-state index in [1.165, 1.54) is 0 Å². The van der Waals surface area contributed by atoms with E-state index in [-0.39, 0.29) is 18.6 Å². The molecule has 2 aliphatic heterocycles. The smallest absolute Gasteiger partial charge is 0.294 e. The standard InChI is InChI=1S/C16H18N2O4S2/c1-10-4-5-12(23-10)7-13-15(20)18(16(21)24-13)9-14(19)17-8-11-3-2-6-22-11/h4-5,7,11H,2-3,6,8-9H2,1H3,(H,17,19)/b13-7-/t11-/m0/s1. The van der Waals surface area contributed by atoms with Crippen LogP contribution < -0.4 is 5.32 Å². The summed E-state index contributed by atoms with van der Waals surface area (Å²) >= 11 is 2.42. The maximum absolute atomic E-state index is 12.3. The Balaban J connectivity index is 1.57. The fourth-order valence-electron chi connectivity index (χ4n) is 2.53. The predicted molar refractivity (Wildman–Crippen MR) is 93.7 cm³/mol. The van der Waals surface area contributed by atoms with Crippen molar-refractivity contribution in [2.45, 2.75) is 25.9 Å². The quantitative estimate of drug-likeness (QED) is 0.810. The zero-order chi connectivity index (χ0) is 17.1. The first-order chi connectivity index (χ1) is 11.5. The van der Waals surface area contributed by atoms with E-state index < -0.39 is 11.1 Å². The van der Waals surface area contributed by atoms with E-state index in [4.69, 9.17) is 4.74 Å². The normalized spacial score (nSPS) is 22.6. The summed E-state index contributed by atoms with van der Waals surface area (Å²) in [6.45, 7) is 2.86. The van der Waals surface area contributed by atoms with Gasteiger partial charge in [-0.15, -0.1) is 11.3 Å². The monoisotopic (exact) mass is 366 g/mol. The van der Waals surface area contributed by atoms with Crippen molar-refractivity contribution in [3.05, 3.63) is 26.8 Å². The van der Waals surface area contributed by atoms with Crippen LogP contribution in [-0.4, -0.2) is 47.8 Å². The fraction of sp³-hybridized carbons (Fsp3) is 0.438. The van der Waals surface area contributed by atoms with Crippen molar-refractivity contribution >= 4 is 46.2 Å². The summed E-state index contributed by atoms with van der Waals surface area (Å²) in [4.78, 5) is 39.7. The van der Waals surface area contributed by atoms with Gasteiger partial charge in [-0.3, -0.25) is 19.3 Å². The van der Waals surface area contributed by atoms with Crippen LogP contribution in [0.1, 0.15) is 22.6 Å². The van der Waals surface area contributed by atoms with Gasteiger partial charge in [0.1, 0.15) is 6.54 Å². The topological polar surface area (TPSA) is 75.7 Å². The number of nitrogens with one attached hydrogen (secondary N) is 1. The average molecular weight is 366 g/mol. The summed E-state index contributed by atoms with van der Waals surface area (Å²) in [6, 6.07) is 3.86. The van der Waals surface area contributed by atoms with Crippen molar-refractivity contribution in [2.75, 3.05) is 19.7 Å². The van der Waals surface area contributed by atoms with Gasteiger partial charge >= 0.3 is 0 Å². The van der Waals surface area contributed by atoms with E-state index in [9.17, 15) is 14.4 Å². The summed E-state index contributed by atoms with van der Waals surface area (Å²) < 4.78 is 5.43. The molecule has 3 amide bonds. The number of hydrogen-bond donors (Lipinski definition) is 1. The Bertz CT molecular complexity index is 692. The number of amides is 3. The number of ether oxygens (including phenoxy) is 1. The first-order valence-corrected chi connectivity index (χ1v) is 9.36. The van der Waals surface area contributed by atoms with Crippen LogP contribution in [-0.2, 0) is 14.3 Å². The van der Waals surface area contributed by atoms with E-state index in [2.05, 4.69) is 5.32 Å². The van der Waals surface area contributed by atoms with Gasteiger partial charge in [0.25, 0.3) is 11.1 Å². The van der Waals surface area contributed by atoms with Gasteiger partial charge in [0, 0.05) is 22.9 Å². The molecule has 3 heterocycles. The highest BCUT2D eigenvalue weighted by molar-refractivity contribution is 8.18. The van der Waals surface area contributed by atoms with Crippen LogP contribution in [0, 0.1) is 6.92 Å². The molecular weight excluding hydrogens is 348 g/mol. The van der Waals surface area contributed by atoms with Crippen molar-refractivity contribution < 1.29 is 19.1 Å². The van der Waals surface area contributed by atoms with Crippen molar-refractivity contribution in [3.8, 4) is 0 Å². The van der Waals surface area contributed by atoms with Crippen LogP contribution in [0.15, 0.2) is 17.0 Å². The molecule has 0 radical (unpaired) electrons. The SMILES string of the molecule is Cc1ccc(/C=C2\SC(=O)N(CC(=O)NC[C@@H]3CCCO3)C2=O)s1. The lowest BCUT2D eigenvalue weighted by Gasteiger charge is -2.14. The molecule has 0 saturated carbocycles. The van der Waals surface area contributed by atoms with E-state index in [1.54, 1.807) is 17.4 Å². The number of nitrogens with zero attached hydrogens (tertiary/aromatic N) is 1. The first-order valence-electron chi connectivity index (χ1n) is 7.73. The van der Waals surface area contributed by atoms with Crippen LogP contribution in [0.4, 0.5) is 4.79 Å². The highest BCUT2D eigenvalue weighted by Gasteiger charge is 2.36. The van der Waals surface area contributed by atoms with Crippen LogP contribution in [0.5, 0.6) is 0 Å². The number of thioether (sulfide) groups is 1. The Labute approximate surface area is 148 Å². The van der Waals surface area contributed by atoms with E-state index in [1.807, 2.05) is 19.1 Å². The fourth-order valence-corrected chi connectivity index (χ4v) is 4.25. The molecule has 1 N–H and O–H groups in total. The molecule has 0 bridgehead atoms. The van der Waals surface area contributed by atoms with Crippen LogP contribution >= 0.6 is 23.1 Å². The number of carbonyl (C=O) groups is 3. The Morgan fingerprint density at radius 1 is 1.46 bits per heavy atom. The van der Waals surface area contributed by atoms with Gasteiger partial charge in [-0.2, -0.15) is 0 Å². The zero-order valence-electron chi connectivity index (χ0n) is 13.2. The molecule has 2 saturated heterocycles. The molecule has 1 atom stereocenters. The van der Waals surface area contributed by atoms with Gasteiger partial charge in [-0.05, 0) is 49.7 Å². The zero-order valence-corrected chi connectivity index (χ0v) is 14.9. The van der Waals surface area contributed by atoms with Gasteiger partial charge in [0.05, 0.1) is 11.0 Å². The number of imide groups is 1. The summed E-state index contributed by atoms with van der Waals surface area (Å²) in [5, 5.41) is 2.31. The molecule has 8 heteroatoms. The van der Waals surface area contributed by atoms with Crippen molar-refractivity contribution in [1.82, 2.24) is 10.2 Å². The van der Waals surface area contributed by atoms with Crippen LogP contribution in [0.2, 0.25) is 0 Å². The second kappa shape index (κ2) is 7.50. The molecule has 3 rings (SSSR count). The molecule has 1 aromatic rings. The number of aryl methyl sites for hydroxylation is 1. The third-order valence-electron chi connectivity index (χ3n) is 3.76. The summed E-state index contributed by atoms with van der Waals surface area (Å²) in [6.07, 6.45) is 3.65. The minimum absolute atomic E-state index is 0.0332. The third-order valence-corrected chi connectivity index (χ3v) is 5.62. The van der Waals surface area contributed by atoms with Gasteiger partial charge in [-0.25, -0.2) is 0 Å². The summed E-state index contributed by atoms with van der Waals surface area (Å²) in [5.74, 6) is -0.760. The second-order valence-electron chi connectivity index (χ2n) is 5.66. The highest BCUT2D eigenvalue weighted by Crippen LogP contribution is 2.33. The lowest BCUT2D eigenvalue weighted by Crippen LogP contribution is -2.41. The number of carbonyl (C=O) groups excluding carboxylic acids is 3. The predicted octanol–water partition coefficient (Wildman–Crippen LogP) is 2.39. The van der Waals surface area contributed by atoms with E-state index >= 15 is 0 Å². The van der Waals surface area contributed by atoms with Crippen LogP contribution in [0.25, 0.3) is 6.08 Å². The third kappa shape index (κ3) is 4.06. The van der Waals surface area contributed by atoms with Crippen molar-refractivity contribution in [3.63, 3.8) is 0 Å². The highest BCUT2D eigenvalue weighted by atomic mass is 32.2. The summed E-state index contributed by atoms with van der Waals surface area (Å²) in [5.41, 5.74) is 0. The molecule has 6 nitrogen and oxygen atoms in total. The lowest BCUT2D eigenvalue weighted by molar-refractivity contribution is -0.129. The summed E-state index contributed by atoms with van der Waals surface area (Å²) in [7, 11) is 0. The second-order valence-corrected chi connectivity index (χ2v) is 7.97. The maximum atomic E-state index is 12.3. The number of rotatable bonds is 5. The Hall–Kier alpha value is -1.64. The Morgan fingerprint density at radius 2 is 2.29 bits per heavy atom. The molecular formula is C16H18N2O4S2. The lowest BCUT2D eigenvalue weighted by atomic mass is 10.2. The molecule has 24 heavy (non-hydrogen) atoms. The van der Waals surface area contributed by atoms with Gasteiger partial charge in [0.2, 0.25) is 5.91 Å². The Morgan fingerprint density at radius 3 is 2.96 bits per heavy atom. The van der Waals surface area contributed by atoms with E-state index in [0.717, 1.165) is 45.9 Å². The van der Waals surface area contributed by atoms with Crippen molar-refractivity contribution in [1.29, 1.82) is 0 Å². The molecule has 2 fully saturated rings. The molecule has 128 valence electrons. The number of thiophene rings is 1. The maximum Gasteiger partial charge on any atom is 0.294 e. The van der Waals surface area contributed by atoms with Gasteiger partial charge in [0.15, 0.2) is 0 Å². The van der Waals surface area contributed by atoms with Gasteiger partial charge < -0.3 is 10.1 Å². The molecule has 1 aromatic heterocycles. The van der Waals surface area contributed by atoms with Gasteiger partial charge in [-0.1, -0.05) is 0 Å². The molecule has 0 aliphatic carbocycles. The Kier molecular flexibility index (Phi) is 5.37. The van der Waals surface area contributed by atoms with Crippen molar-refractivity contribution in [2.24, 2.45) is 0 Å².